The molecule has 3 heterocycles. The summed E-state index contributed by atoms with van der Waals surface area (Å²) in [6.45, 7) is 5.06. The first kappa shape index (κ1) is 19.9. The average molecular weight is 426 g/mol. The van der Waals surface area contributed by atoms with E-state index in [-0.39, 0.29) is 12.1 Å². The van der Waals surface area contributed by atoms with E-state index in [1.165, 1.54) is 0 Å². The summed E-state index contributed by atoms with van der Waals surface area (Å²) in [5.74, 6) is 1.67. The number of rotatable bonds is 6. The average Bonchev–Trinajstić information content (AvgIpc) is 3.34. The van der Waals surface area contributed by atoms with E-state index in [0.29, 0.717) is 0 Å². The van der Waals surface area contributed by atoms with Gasteiger partial charge < -0.3 is 14.6 Å². The Kier molecular flexibility index (Phi) is 5.88. The monoisotopic (exact) mass is 425 g/mol. The molecule has 1 N–H and O–H groups in total. The number of aromatic nitrogens is 1. The summed E-state index contributed by atoms with van der Waals surface area (Å²) in [6, 6.07) is 15.9. The lowest BCUT2D eigenvalue weighted by molar-refractivity contribution is 0.271. The third-order valence-corrected chi connectivity index (χ3v) is 6.08. The molecular formula is C23H24ClN3OS. The van der Waals surface area contributed by atoms with Gasteiger partial charge in [-0.25, -0.2) is 0 Å². The fourth-order valence-corrected chi connectivity index (χ4v) is 4.21. The second-order valence-electron chi connectivity index (χ2n) is 7.34. The molecule has 0 radical (unpaired) electrons. The summed E-state index contributed by atoms with van der Waals surface area (Å²) in [5.41, 5.74) is 2.97. The summed E-state index contributed by atoms with van der Waals surface area (Å²) in [4.78, 5) is 6.79. The van der Waals surface area contributed by atoms with Gasteiger partial charge in [-0.05, 0) is 61.5 Å². The number of nitrogens with zero attached hydrogens (tertiary/aromatic N) is 2. The van der Waals surface area contributed by atoms with Crippen molar-refractivity contribution in [3.05, 3.63) is 76.8 Å². The van der Waals surface area contributed by atoms with Gasteiger partial charge in [0.25, 0.3) is 0 Å². The first-order valence-electron chi connectivity index (χ1n) is 9.93. The van der Waals surface area contributed by atoms with E-state index < -0.39 is 0 Å². The van der Waals surface area contributed by atoms with E-state index in [1.807, 2.05) is 61.7 Å². The van der Waals surface area contributed by atoms with Crippen LogP contribution in [0.5, 0.6) is 0 Å². The van der Waals surface area contributed by atoms with Crippen LogP contribution in [0.25, 0.3) is 11.3 Å². The number of hydrogen-bond acceptors (Lipinski definition) is 3. The molecule has 4 rings (SSSR count). The Bertz CT molecular complexity index is 1000. The highest BCUT2D eigenvalue weighted by atomic mass is 35.5. The van der Waals surface area contributed by atoms with Crippen molar-refractivity contribution >= 4 is 28.9 Å². The van der Waals surface area contributed by atoms with Crippen molar-refractivity contribution in [2.45, 2.75) is 38.8 Å². The summed E-state index contributed by atoms with van der Waals surface area (Å²) < 4.78 is 6.33. The van der Waals surface area contributed by atoms with Crippen LogP contribution >= 0.6 is 23.8 Å². The third kappa shape index (κ3) is 4.02. The summed E-state index contributed by atoms with van der Waals surface area (Å²) >= 11 is 12.0. The fraction of sp³-hybridized carbons (Fsp3) is 0.304. The molecule has 0 amide bonds. The molecule has 0 saturated carbocycles. The Morgan fingerprint density at radius 3 is 2.79 bits per heavy atom. The fourth-order valence-electron chi connectivity index (χ4n) is 3.70. The smallest absolute Gasteiger partial charge is 0.170 e. The first-order chi connectivity index (χ1) is 14.1. The highest BCUT2D eigenvalue weighted by Gasteiger charge is 2.41. The van der Waals surface area contributed by atoms with Crippen molar-refractivity contribution in [3.63, 3.8) is 0 Å². The number of furan rings is 1. The molecule has 2 aromatic heterocycles. The van der Waals surface area contributed by atoms with E-state index in [9.17, 15) is 0 Å². The number of aryl methyl sites for hydroxylation is 1. The predicted molar refractivity (Wildman–Crippen MR) is 121 cm³/mol. The highest BCUT2D eigenvalue weighted by molar-refractivity contribution is 7.80. The van der Waals surface area contributed by atoms with Gasteiger partial charge in [0.1, 0.15) is 17.6 Å². The second-order valence-corrected chi connectivity index (χ2v) is 8.13. The third-order valence-electron chi connectivity index (χ3n) is 5.32. The number of halogens is 1. The van der Waals surface area contributed by atoms with Crippen LogP contribution in [-0.2, 0) is 0 Å². The lowest BCUT2D eigenvalue weighted by atomic mass is 10.0. The van der Waals surface area contributed by atoms with Crippen LogP contribution in [0, 0.1) is 6.92 Å². The van der Waals surface area contributed by atoms with Crippen molar-refractivity contribution in [1.29, 1.82) is 0 Å². The SMILES string of the molecule is CCCCN1C(=S)N[C@@H](c2ccccn2)[C@@H]1c1ccc(-c2ccc(C)c(Cl)c2)o1. The summed E-state index contributed by atoms with van der Waals surface area (Å²) in [6.07, 6.45) is 3.98. The molecule has 0 spiro atoms. The Balaban J connectivity index is 1.71. The quantitative estimate of drug-likeness (QED) is 0.485. The van der Waals surface area contributed by atoms with E-state index >= 15 is 0 Å². The second kappa shape index (κ2) is 8.56. The number of pyridine rings is 1. The molecule has 1 fully saturated rings. The van der Waals surface area contributed by atoms with Gasteiger partial charge in [-0.2, -0.15) is 0 Å². The molecule has 6 heteroatoms. The summed E-state index contributed by atoms with van der Waals surface area (Å²) in [7, 11) is 0. The molecule has 150 valence electrons. The van der Waals surface area contributed by atoms with Gasteiger partial charge in [-0.1, -0.05) is 43.1 Å². The zero-order chi connectivity index (χ0) is 20.4. The molecule has 2 atom stereocenters. The number of unbranched alkanes of at least 4 members (excludes halogenated alkanes) is 1. The maximum atomic E-state index is 6.33. The normalized spacial score (nSPS) is 18.9. The molecular weight excluding hydrogens is 402 g/mol. The van der Waals surface area contributed by atoms with Gasteiger partial charge in [-0.3, -0.25) is 4.98 Å². The van der Waals surface area contributed by atoms with Crippen LogP contribution in [-0.4, -0.2) is 21.5 Å². The van der Waals surface area contributed by atoms with Gasteiger partial charge in [0.05, 0.1) is 11.7 Å². The molecule has 1 aliphatic rings. The number of nitrogens with one attached hydrogen (secondary N) is 1. The largest absolute Gasteiger partial charge is 0.459 e. The van der Waals surface area contributed by atoms with Gasteiger partial charge in [0, 0.05) is 23.3 Å². The summed E-state index contributed by atoms with van der Waals surface area (Å²) in [5, 5.41) is 4.94. The molecule has 1 aliphatic heterocycles. The Morgan fingerprint density at radius 2 is 2.07 bits per heavy atom. The van der Waals surface area contributed by atoms with Gasteiger partial charge in [0.2, 0.25) is 0 Å². The molecule has 4 nitrogen and oxygen atoms in total. The van der Waals surface area contributed by atoms with Crippen LogP contribution in [0.2, 0.25) is 5.02 Å². The van der Waals surface area contributed by atoms with E-state index in [2.05, 4.69) is 22.1 Å². The zero-order valence-corrected chi connectivity index (χ0v) is 18.1. The van der Waals surface area contributed by atoms with Gasteiger partial charge in [-0.15, -0.1) is 0 Å². The molecule has 0 unspecified atom stereocenters. The minimum atomic E-state index is -0.0545. The van der Waals surface area contributed by atoms with Crippen molar-refractivity contribution in [1.82, 2.24) is 15.2 Å². The van der Waals surface area contributed by atoms with Crippen molar-refractivity contribution in [2.24, 2.45) is 0 Å². The number of benzene rings is 1. The van der Waals surface area contributed by atoms with Crippen molar-refractivity contribution in [3.8, 4) is 11.3 Å². The van der Waals surface area contributed by atoms with E-state index in [0.717, 1.165) is 57.9 Å². The maximum absolute atomic E-state index is 6.33. The van der Waals surface area contributed by atoms with E-state index in [1.54, 1.807) is 0 Å². The lowest BCUT2D eigenvalue weighted by Crippen LogP contribution is -2.30. The van der Waals surface area contributed by atoms with Crippen molar-refractivity contribution in [2.75, 3.05) is 6.54 Å². The van der Waals surface area contributed by atoms with Crippen LogP contribution in [0.15, 0.2) is 59.1 Å². The molecule has 0 aliphatic carbocycles. The zero-order valence-electron chi connectivity index (χ0n) is 16.6. The highest BCUT2D eigenvalue weighted by Crippen LogP contribution is 2.40. The maximum Gasteiger partial charge on any atom is 0.170 e. The first-order valence-corrected chi connectivity index (χ1v) is 10.7. The Hall–Kier alpha value is -2.37. The lowest BCUT2D eigenvalue weighted by Gasteiger charge is -2.25. The minimum absolute atomic E-state index is 0.0429. The van der Waals surface area contributed by atoms with Crippen LogP contribution in [0.3, 0.4) is 0 Å². The van der Waals surface area contributed by atoms with Crippen molar-refractivity contribution < 1.29 is 4.42 Å². The van der Waals surface area contributed by atoms with Gasteiger partial charge >= 0.3 is 0 Å². The molecule has 29 heavy (non-hydrogen) atoms. The molecule has 3 aromatic rings. The number of hydrogen-bond donors (Lipinski definition) is 1. The van der Waals surface area contributed by atoms with Crippen LogP contribution in [0.4, 0.5) is 0 Å². The molecule has 0 bridgehead atoms. The number of thiocarbonyl (C=S) groups is 1. The Labute approximate surface area is 181 Å². The topological polar surface area (TPSA) is 41.3 Å². The van der Waals surface area contributed by atoms with Gasteiger partial charge in [0.15, 0.2) is 5.11 Å². The Morgan fingerprint density at radius 1 is 1.21 bits per heavy atom. The standard InChI is InChI=1S/C23H24ClN3OS/c1-3-4-13-27-22(21(26-23(27)29)18-7-5-6-12-25-18)20-11-10-19(28-20)16-9-8-15(2)17(24)14-16/h5-12,14,21-22H,3-4,13H2,1-2H3,(H,26,29)/t21-,22-/m0/s1. The van der Waals surface area contributed by atoms with Crippen LogP contribution < -0.4 is 5.32 Å². The minimum Gasteiger partial charge on any atom is -0.459 e. The molecule has 1 aromatic carbocycles. The predicted octanol–water partition coefficient (Wildman–Crippen LogP) is 6.08. The van der Waals surface area contributed by atoms with E-state index in [4.69, 9.17) is 28.2 Å². The van der Waals surface area contributed by atoms with Crippen LogP contribution in [0.1, 0.15) is 48.9 Å². The molecule has 1 saturated heterocycles.